The van der Waals surface area contributed by atoms with Gasteiger partial charge in [-0.05, 0) is 13.3 Å². The third kappa shape index (κ3) is 29.7. The number of aliphatic hydroxyl groups excluding tert-OH is 2. The maximum Gasteiger partial charge on any atom is 0.333 e. The largest absolute Gasteiger partial charge is 0.481 e. The first-order valence-electron chi connectivity index (χ1n) is 13.1. The second kappa shape index (κ2) is 27.2. The van der Waals surface area contributed by atoms with E-state index in [1.54, 1.807) is 8.87 Å². The number of ether oxygens (including phenoxy) is 1. The molecule has 0 heterocycles. The fraction of sp³-hybridized carbons (Fsp3) is 0.923. The van der Waals surface area contributed by atoms with Crippen LogP contribution in [-0.2, 0) is 14.3 Å². The van der Waals surface area contributed by atoms with E-state index in [0.29, 0.717) is 0 Å². The Bertz CT molecular complexity index is 452. The van der Waals surface area contributed by atoms with Crippen molar-refractivity contribution in [3.05, 3.63) is 0 Å². The summed E-state index contributed by atoms with van der Waals surface area (Å²) in [7, 11) is 0. The molecule has 0 fully saturated rings. The van der Waals surface area contributed by atoms with Crippen molar-refractivity contribution in [2.24, 2.45) is 5.41 Å². The van der Waals surface area contributed by atoms with Gasteiger partial charge in [0.05, 0.1) is 19.1 Å². The van der Waals surface area contributed by atoms with Gasteiger partial charge in [-0.25, -0.2) is 4.79 Å². The van der Waals surface area contributed by atoms with Crippen LogP contribution in [0, 0.1) is 5.41 Å². The molecular formula is C26H54O7Sn. The molecule has 0 aliphatic carbocycles. The van der Waals surface area contributed by atoms with Crippen molar-refractivity contribution in [1.29, 1.82) is 0 Å². The van der Waals surface area contributed by atoms with Gasteiger partial charge in [-0.15, -0.1) is 0 Å². The van der Waals surface area contributed by atoms with Crippen LogP contribution in [0.25, 0.3) is 0 Å². The average Bonchev–Trinajstić information content (AvgIpc) is 2.78. The van der Waals surface area contributed by atoms with Crippen molar-refractivity contribution in [2.75, 3.05) is 13.2 Å². The summed E-state index contributed by atoms with van der Waals surface area (Å²) in [4.78, 5) is 19.4. The number of hydrogen-bond acceptors (Lipinski definition) is 5. The summed E-state index contributed by atoms with van der Waals surface area (Å²) in [5.41, 5.74) is -0.123. The van der Waals surface area contributed by atoms with E-state index in [0.717, 1.165) is 13.0 Å². The summed E-state index contributed by atoms with van der Waals surface area (Å²) in [6.45, 7) is 14.0. The maximum atomic E-state index is 9.72. The minimum atomic E-state index is -1.79. The number of unbranched alkanes of at least 4 members (excludes halogenated alkanes) is 7. The summed E-state index contributed by atoms with van der Waals surface area (Å²) in [5.74, 6) is -2.85. The summed E-state index contributed by atoms with van der Waals surface area (Å²) < 4.78 is 8.99. The van der Waals surface area contributed by atoms with Gasteiger partial charge in [-0.2, -0.15) is 0 Å². The number of carboxylic acid groups (broad SMARTS) is 2. The van der Waals surface area contributed by atoms with Crippen molar-refractivity contribution in [3.63, 3.8) is 0 Å². The first-order valence-corrected chi connectivity index (χ1v) is 17.1. The van der Waals surface area contributed by atoms with Crippen LogP contribution in [0.4, 0.5) is 0 Å². The van der Waals surface area contributed by atoms with Gasteiger partial charge in [0.1, 0.15) is 0 Å². The van der Waals surface area contributed by atoms with Gasteiger partial charge in [0.2, 0.25) is 0 Å². The van der Waals surface area contributed by atoms with Crippen LogP contribution < -0.4 is 0 Å². The molecule has 2 atom stereocenters. The molecule has 2 radical (unpaired) electrons. The first kappa shape index (κ1) is 38.2. The number of aliphatic carboxylic acids is 2. The molecule has 0 aromatic carbocycles. The zero-order valence-electron chi connectivity index (χ0n) is 22.8. The van der Waals surface area contributed by atoms with Crippen LogP contribution in [0.2, 0.25) is 8.87 Å². The molecule has 34 heavy (non-hydrogen) atoms. The Morgan fingerprint density at radius 3 is 1.71 bits per heavy atom. The SMILES string of the molecule is CCCCCCCCOC(C)C(C)(C)CO.CCC[CH2][Sn][CH2]CCC.O=C(O)CC(O)C(=O)O. The van der Waals surface area contributed by atoms with Crippen LogP contribution in [0.5, 0.6) is 0 Å². The van der Waals surface area contributed by atoms with E-state index in [1.165, 1.54) is 57.8 Å². The fourth-order valence-electron chi connectivity index (χ4n) is 2.48. The van der Waals surface area contributed by atoms with Crippen LogP contribution in [-0.4, -0.2) is 78.9 Å². The number of carbonyl (C=O) groups is 2. The zero-order valence-corrected chi connectivity index (χ0v) is 25.6. The summed E-state index contributed by atoms with van der Waals surface area (Å²) in [5, 5.41) is 33.3. The number of carboxylic acids is 2. The van der Waals surface area contributed by atoms with Gasteiger partial charge >= 0.3 is 81.5 Å². The predicted molar refractivity (Wildman–Crippen MR) is 141 cm³/mol. The van der Waals surface area contributed by atoms with E-state index in [-0.39, 0.29) is 39.3 Å². The van der Waals surface area contributed by atoms with Gasteiger partial charge < -0.3 is 25.2 Å². The molecule has 0 aliphatic heterocycles. The Kier molecular flexibility index (Phi) is 30.5. The molecule has 0 saturated heterocycles. The average molecular weight is 597 g/mol. The minimum Gasteiger partial charge on any atom is -0.481 e. The van der Waals surface area contributed by atoms with E-state index in [2.05, 4.69) is 20.8 Å². The van der Waals surface area contributed by atoms with Crippen molar-refractivity contribution >= 4 is 33.1 Å². The van der Waals surface area contributed by atoms with E-state index in [9.17, 15) is 14.7 Å². The molecular weight excluding hydrogens is 543 g/mol. The zero-order chi connectivity index (χ0) is 26.8. The molecule has 0 aromatic heterocycles. The van der Waals surface area contributed by atoms with Crippen molar-refractivity contribution in [3.8, 4) is 0 Å². The van der Waals surface area contributed by atoms with Crippen LogP contribution in [0.15, 0.2) is 0 Å². The molecule has 0 spiro atoms. The fourth-order valence-corrected chi connectivity index (χ4v) is 6.64. The Hall–Kier alpha value is -0.381. The summed E-state index contributed by atoms with van der Waals surface area (Å²) in [6, 6.07) is 0. The Morgan fingerprint density at radius 2 is 1.32 bits per heavy atom. The Morgan fingerprint density at radius 1 is 0.853 bits per heavy atom. The molecule has 0 rings (SSSR count). The molecule has 4 N–H and O–H groups in total. The van der Waals surface area contributed by atoms with Gasteiger partial charge in [-0.1, -0.05) is 52.9 Å². The normalized spacial score (nSPS) is 12.6. The van der Waals surface area contributed by atoms with Crippen LogP contribution in [0.3, 0.4) is 0 Å². The number of aliphatic hydroxyl groups is 2. The number of rotatable bonds is 19. The third-order valence-electron chi connectivity index (χ3n) is 5.44. The molecule has 0 aliphatic rings. The minimum absolute atomic E-state index is 0.123. The monoisotopic (exact) mass is 598 g/mol. The van der Waals surface area contributed by atoms with E-state index >= 15 is 0 Å². The molecule has 0 amide bonds. The maximum absolute atomic E-state index is 9.72. The molecule has 0 saturated carbocycles. The van der Waals surface area contributed by atoms with Gasteiger partial charge in [0.25, 0.3) is 0 Å². The topological polar surface area (TPSA) is 124 Å². The predicted octanol–water partition coefficient (Wildman–Crippen LogP) is 5.80. The Labute approximate surface area is 219 Å². The molecule has 2 unspecified atom stereocenters. The third-order valence-corrected chi connectivity index (χ3v) is 9.48. The van der Waals surface area contributed by atoms with Crippen LogP contribution >= 0.6 is 0 Å². The second-order valence-corrected chi connectivity index (χ2v) is 13.6. The standard InChI is InChI=1S/C14H30O2.C4H6O5.2C4H9.Sn/c1-5-6-7-8-9-10-11-16-13(2)14(3,4)12-15;5-2(4(8)9)1-3(6)7;2*1-3-4-2;/h13,15H,5-12H2,1-4H3;2,5H,1H2,(H,6,7)(H,8,9);2*1,3-4H2,2H3;. The van der Waals surface area contributed by atoms with E-state index < -0.39 is 24.5 Å². The Balaban J connectivity index is -0.000000457. The molecule has 8 heteroatoms. The first-order chi connectivity index (χ1) is 16.0. The second-order valence-electron chi connectivity index (χ2n) is 9.34. The molecule has 0 bridgehead atoms. The number of hydrogen-bond donors (Lipinski definition) is 4. The van der Waals surface area contributed by atoms with Crippen LogP contribution in [0.1, 0.15) is 112 Å². The van der Waals surface area contributed by atoms with Crippen molar-refractivity contribution in [2.45, 2.75) is 133 Å². The van der Waals surface area contributed by atoms with Crippen molar-refractivity contribution < 1.29 is 34.8 Å². The summed E-state index contributed by atoms with van der Waals surface area (Å²) in [6.07, 6.45) is 11.2. The van der Waals surface area contributed by atoms with Gasteiger partial charge in [0.15, 0.2) is 6.10 Å². The molecule has 7 nitrogen and oxygen atoms in total. The molecule has 0 aromatic rings. The quantitative estimate of drug-likeness (QED) is 0.110. The van der Waals surface area contributed by atoms with Gasteiger partial charge in [0, 0.05) is 12.0 Å². The summed E-state index contributed by atoms with van der Waals surface area (Å²) >= 11 is 0.149. The van der Waals surface area contributed by atoms with E-state index in [1.807, 2.05) is 20.8 Å². The smallest absolute Gasteiger partial charge is 0.333 e. The van der Waals surface area contributed by atoms with E-state index in [4.69, 9.17) is 20.1 Å². The molecule has 204 valence electrons. The van der Waals surface area contributed by atoms with Gasteiger partial charge in [-0.3, -0.25) is 4.79 Å². The van der Waals surface area contributed by atoms with Crippen molar-refractivity contribution in [1.82, 2.24) is 0 Å².